The maximum absolute atomic E-state index is 13.3. The van der Waals surface area contributed by atoms with E-state index >= 15 is 0 Å². The zero-order valence-corrected chi connectivity index (χ0v) is 10.5. The van der Waals surface area contributed by atoms with Crippen LogP contribution in [-0.4, -0.2) is 24.1 Å². The zero-order chi connectivity index (χ0) is 11.7. The third kappa shape index (κ3) is 2.26. The number of nitrogens with zero attached hydrogens (tertiary/aromatic N) is 1. The molecule has 0 aromatic heterocycles. The fourth-order valence-electron chi connectivity index (χ4n) is 1.99. The Balaban J connectivity index is 2.29. The van der Waals surface area contributed by atoms with Crippen LogP contribution >= 0.6 is 11.8 Å². The van der Waals surface area contributed by atoms with Gasteiger partial charge in [0.15, 0.2) is 0 Å². The first-order valence-corrected chi connectivity index (χ1v) is 6.55. The summed E-state index contributed by atoms with van der Waals surface area (Å²) in [5.41, 5.74) is 8.06. The molecule has 2 N–H and O–H groups in total. The van der Waals surface area contributed by atoms with E-state index in [1.165, 1.54) is 6.07 Å². The molecule has 0 saturated carbocycles. The van der Waals surface area contributed by atoms with Crippen molar-refractivity contribution >= 4 is 23.1 Å². The number of nitrogen functional groups attached to an aromatic ring is 1. The highest BCUT2D eigenvalue weighted by Gasteiger charge is 2.19. The first-order chi connectivity index (χ1) is 7.58. The van der Waals surface area contributed by atoms with Gasteiger partial charge in [0.2, 0.25) is 0 Å². The lowest BCUT2D eigenvalue weighted by Crippen LogP contribution is -2.37. The predicted octanol–water partition coefficient (Wildman–Crippen LogP) is 2.66. The second kappa shape index (κ2) is 4.53. The molecule has 1 saturated heterocycles. The van der Waals surface area contributed by atoms with Gasteiger partial charge in [-0.05, 0) is 24.6 Å². The molecule has 1 unspecified atom stereocenters. The molecular weight excluding hydrogens is 223 g/mol. The Morgan fingerprint density at radius 3 is 2.94 bits per heavy atom. The highest BCUT2D eigenvalue weighted by atomic mass is 32.2. The minimum atomic E-state index is -0.222. The van der Waals surface area contributed by atoms with E-state index in [0.717, 1.165) is 24.5 Å². The minimum Gasteiger partial charge on any atom is -0.397 e. The van der Waals surface area contributed by atoms with Gasteiger partial charge < -0.3 is 10.6 Å². The van der Waals surface area contributed by atoms with Crippen molar-refractivity contribution in [2.24, 2.45) is 0 Å². The molecule has 88 valence electrons. The van der Waals surface area contributed by atoms with Crippen LogP contribution in [0.1, 0.15) is 12.5 Å². The van der Waals surface area contributed by atoms with Crippen LogP contribution in [0.4, 0.5) is 15.8 Å². The lowest BCUT2D eigenvalue weighted by molar-refractivity contribution is 0.618. The van der Waals surface area contributed by atoms with Crippen LogP contribution in [-0.2, 0) is 0 Å². The van der Waals surface area contributed by atoms with E-state index in [0.29, 0.717) is 16.5 Å². The molecule has 1 heterocycles. The molecule has 2 rings (SSSR count). The highest BCUT2D eigenvalue weighted by molar-refractivity contribution is 8.00. The number of benzene rings is 1. The fraction of sp³-hybridized carbons (Fsp3) is 0.500. The number of hydrogen-bond acceptors (Lipinski definition) is 3. The molecular formula is C12H17FN2S. The van der Waals surface area contributed by atoms with Crippen molar-refractivity contribution in [3.05, 3.63) is 23.5 Å². The normalized spacial score (nSPS) is 21.2. The van der Waals surface area contributed by atoms with Gasteiger partial charge in [-0.2, -0.15) is 11.8 Å². The van der Waals surface area contributed by atoms with Gasteiger partial charge in [0.05, 0.1) is 11.4 Å². The Labute approximate surface area is 100 Å². The molecule has 1 aromatic carbocycles. The van der Waals surface area contributed by atoms with Crippen LogP contribution in [0.15, 0.2) is 12.1 Å². The number of rotatable bonds is 1. The van der Waals surface area contributed by atoms with Crippen molar-refractivity contribution in [3.8, 4) is 0 Å². The Bertz CT molecular complexity index is 395. The maximum Gasteiger partial charge on any atom is 0.128 e. The molecule has 1 fully saturated rings. The molecule has 0 bridgehead atoms. The number of nitrogens with two attached hydrogens (primary N) is 1. The van der Waals surface area contributed by atoms with Crippen molar-refractivity contribution in [1.29, 1.82) is 0 Å². The summed E-state index contributed by atoms with van der Waals surface area (Å²) in [6.07, 6.45) is 0. The Kier molecular flexibility index (Phi) is 3.28. The van der Waals surface area contributed by atoms with Crippen molar-refractivity contribution in [2.75, 3.05) is 29.5 Å². The third-order valence-corrected chi connectivity index (χ3v) is 4.03. The average molecular weight is 240 g/mol. The average Bonchev–Trinajstić information content (AvgIpc) is 2.23. The number of halogens is 1. The van der Waals surface area contributed by atoms with E-state index in [-0.39, 0.29) is 5.82 Å². The van der Waals surface area contributed by atoms with Gasteiger partial charge in [-0.15, -0.1) is 0 Å². The summed E-state index contributed by atoms with van der Waals surface area (Å²) in [6, 6.07) is 3.28. The summed E-state index contributed by atoms with van der Waals surface area (Å²) in [6.45, 7) is 5.97. The fourth-order valence-corrected chi connectivity index (χ4v) is 3.01. The number of aryl methyl sites for hydroxylation is 1. The van der Waals surface area contributed by atoms with Crippen LogP contribution in [0, 0.1) is 12.7 Å². The molecule has 1 aliphatic rings. The summed E-state index contributed by atoms with van der Waals surface area (Å²) in [4.78, 5) is 2.25. The predicted molar refractivity (Wildman–Crippen MR) is 69.7 cm³/mol. The van der Waals surface area contributed by atoms with E-state index in [9.17, 15) is 4.39 Å². The molecule has 16 heavy (non-hydrogen) atoms. The van der Waals surface area contributed by atoms with Gasteiger partial charge in [0.25, 0.3) is 0 Å². The van der Waals surface area contributed by atoms with Gasteiger partial charge >= 0.3 is 0 Å². The van der Waals surface area contributed by atoms with Crippen molar-refractivity contribution in [1.82, 2.24) is 0 Å². The quantitative estimate of drug-likeness (QED) is 0.765. The van der Waals surface area contributed by atoms with Crippen LogP contribution < -0.4 is 10.6 Å². The number of hydrogen-bond donors (Lipinski definition) is 1. The third-order valence-electron chi connectivity index (χ3n) is 2.89. The van der Waals surface area contributed by atoms with Crippen LogP contribution in [0.5, 0.6) is 0 Å². The maximum atomic E-state index is 13.3. The standard InChI is InChI=1S/C12H17FN2S/c1-8-5-12(11(14)6-10(8)13)15-3-4-16-9(2)7-15/h5-6,9H,3-4,7,14H2,1-2H3. The van der Waals surface area contributed by atoms with Crippen LogP contribution in [0.3, 0.4) is 0 Å². The Morgan fingerprint density at radius 1 is 1.50 bits per heavy atom. The summed E-state index contributed by atoms with van der Waals surface area (Å²) < 4.78 is 13.3. The molecule has 2 nitrogen and oxygen atoms in total. The van der Waals surface area contributed by atoms with Gasteiger partial charge in [-0.25, -0.2) is 4.39 Å². The molecule has 0 radical (unpaired) electrons. The van der Waals surface area contributed by atoms with Gasteiger partial charge in [0.1, 0.15) is 5.82 Å². The smallest absolute Gasteiger partial charge is 0.128 e. The SMILES string of the molecule is Cc1cc(N2CCSC(C)C2)c(N)cc1F. The number of thioether (sulfide) groups is 1. The lowest BCUT2D eigenvalue weighted by atomic mass is 10.1. The van der Waals surface area contributed by atoms with Gasteiger partial charge in [-0.1, -0.05) is 6.92 Å². The summed E-state index contributed by atoms with van der Waals surface area (Å²) >= 11 is 1.97. The topological polar surface area (TPSA) is 29.3 Å². The second-order valence-electron chi connectivity index (χ2n) is 4.29. The largest absolute Gasteiger partial charge is 0.397 e. The molecule has 0 aliphatic carbocycles. The Morgan fingerprint density at radius 2 is 2.25 bits per heavy atom. The summed E-state index contributed by atoms with van der Waals surface area (Å²) in [5.74, 6) is 0.887. The number of anilines is 2. The van der Waals surface area contributed by atoms with Crippen LogP contribution in [0.25, 0.3) is 0 Å². The van der Waals surface area contributed by atoms with E-state index < -0.39 is 0 Å². The molecule has 1 aliphatic heterocycles. The highest BCUT2D eigenvalue weighted by Crippen LogP contribution is 2.30. The molecule has 1 aromatic rings. The summed E-state index contributed by atoms with van der Waals surface area (Å²) in [5, 5.41) is 0.610. The first kappa shape index (κ1) is 11.6. The Hall–Kier alpha value is -0.900. The van der Waals surface area contributed by atoms with Crippen molar-refractivity contribution in [3.63, 3.8) is 0 Å². The van der Waals surface area contributed by atoms with E-state index in [2.05, 4.69) is 11.8 Å². The first-order valence-electron chi connectivity index (χ1n) is 5.50. The minimum absolute atomic E-state index is 0.222. The van der Waals surface area contributed by atoms with Crippen molar-refractivity contribution < 1.29 is 4.39 Å². The zero-order valence-electron chi connectivity index (χ0n) is 9.66. The monoisotopic (exact) mass is 240 g/mol. The summed E-state index contributed by atoms with van der Waals surface area (Å²) in [7, 11) is 0. The van der Waals surface area contributed by atoms with E-state index in [4.69, 9.17) is 5.73 Å². The molecule has 0 amide bonds. The molecule has 1 atom stereocenters. The van der Waals surface area contributed by atoms with Gasteiger partial charge in [-0.3, -0.25) is 0 Å². The lowest BCUT2D eigenvalue weighted by Gasteiger charge is -2.33. The van der Waals surface area contributed by atoms with Crippen LogP contribution in [0.2, 0.25) is 0 Å². The second-order valence-corrected chi connectivity index (χ2v) is 5.83. The van der Waals surface area contributed by atoms with Crippen molar-refractivity contribution in [2.45, 2.75) is 19.1 Å². The van der Waals surface area contributed by atoms with Gasteiger partial charge in [0, 0.05) is 24.1 Å². The molecule has 0 spiro atoms. The van der Waals surface area contributed by atoms with E-state index in [1.807, 2.05) is 17.8 Å². The van der Waals surface area contributed by atoms with E-state index in [1.54, 1.807) is 6.92 Å². The molecule has 4 heteroatoms.